The summed E-state index contributed by atoms with van der Waals surface area (Å²) in [6.45, 7) is 8.06. The maximum atomic E-state index is 5.90. The summed E-state index contributed by atoms with van der Waals surface area (Å²) in [4.78, 5) is 0. The Kier molecular flexibility index (Phi) is 5.12. The molecule has 0 fully saturated rings. The van der Waals surface area contributed by atoms with Gasteiger partial charge in [0.2, 0.25) is 0 Å². The van der Waals surface area contributed by atoms with Gasteiger partial charge in [0.15, 0.2) is 0 Å². The minimum absolute atomic E-state index is 0.550. The SMILES string of the molecule is CCCOCCOc1c(C)cc(C)cc1N. The Morgan fingerprint density at radius 3 is 2.50 bits per heavy atom. The van der Waals surface area contributed by atoms with Crippen LogP contribution in [-0.2, 0) is 4.74 Å². The van der Waals surface area contributed by atoms with Crippen LogP contribution in [0.1, 0.15) is 24.5 Å². The number of nitrogen functional groups attached to an aromatic ring is 1. The van der Waals surface area contributed by atoms with Crippen molar-refractivity contribution in [1.29, 1.82) is 0 Å². The lowest BCUT2D eigenvalue weighted by Gasteiger charge is -2.12. The molecule has 0 spiro atoms. The van der Waals surface area contributed by atoms with Crippen molar-refractivity contribution in [3.8, 4) is 5.75 Å². The lowest BCUT2D eigenvalue weighted by Crippen LogP contribution is -2.09. The van der Waals surface area contributed by atoms with E-state index >= 15 is 0 Å². The number of benzene rings is 1. The summed E-state index contributed by atoms with van der Waals surface area (Å²) in [5.41, 5.74) is 8.83. The minimum atomic E-state index is 0.550. The predicted octanol–water partition coefficient (Wildman–Crippen LogP) is 2.69. The number of nitrogens with two attached hydrogens (primary N) is 1. The van der Waals surface area contributed by atoms with Crippen molar-refractivity contribution in [2.75, 3.05) is 25.6 Å². The van der Waals surface area contributed by atoms with Crippen LogP contribution in [0.3, 0.4) is 0 Å². The zero-order chi connectivity index (χ0) is 12.0. The summed E-state index contributed by atoms with van der Waals surface area (Å²) in [7, 11) is 0. The van der Waals surface area contributed by atoms with Crippen molar-refractivity contribution in [2.24, 2.45) is 0 Å². The van der Waals surface area contributed by atoms with Crippen LogP contribution in [0.4, 0.5) is 5.69 Å². The third-order valence-electron chi connectivity index (χ3n) is 2.27. The van der Waals surface area contributed by atoms with E-state index in [1.165, 1.54) is 0 Å². The molecule has 1 rings (SSSR count). The van der Waals surface area contributed by atoms with Crippen molar-refractivity contribution >= 4 is 5.69 Å². The fraction of sp³-hybridized carbons (Fsp3) is 0.538. The van der Waals surface area contributed by atoms with Gasteiger partial charge in [-0.1, -0.05) is 13.0 Å². The van der Waals surface area contributed by atoms with E-state index in [0.717, 1.165) is 29.9 Å². The Hall–Kier alpha value is -1.22. The summed E-state index contributed by atoms with van der Waals surface area (Å²) in [5, 5.41) is 0. The second kappa shape index (κ2) is 6.38. The quantitative estimate of drug-likeness (QED) is 0.595. The molecule has 90 valence electrons. The molecule has 0 saturated carbocycles. The maximum Gasteiger partial charge on any atom is 0.145 e. The van der Waals surface area contributed by atoms with Crippen LogP contribution in [-0.4, -0.2) is 19.8 Å². The second-order valence-corrected chi connectivity index (χ2v) is 3.96. The van der Waals surface area contributed by atoms with Gasteiger partial charge in [0.25, 0.3) is 0 Å². The first kappa shape index (κ1) is 12.8. The molecular formula is C13H21NO2. The van der Waals surface area contributed by atoms with Crippen LogP contribution >= 0.6 is 0 Å². The topological polar surface area (TPSA) is 44.5 Å². The van der Waals surface area contributed by atoms with Gasteiger partial charge < -0.3 is 15.2 Å². The number of rotatable bonds is 6. The second-order valence-electron chi connectivity index (χ2n) is 3.96. The van der Waals surface area contributed by atoms with Gasteiger partial charge in [-0.3, -0.25) is 0 Å². The predicted molar refractivity (Wildman–Crippen MR) is 66.9 cm³/mol. The molecule has 16 heavy (non-hydrogen) atoms. The van der Waals surface area contributed by atoms with Gasteiger partial charge in [-0.25, -0.2) is 0 Å². The molecule has 0 aromatic heterocycles. The lowest BCUT2D eigenvalue weighted by atomic mass is 10.1. The fourth-order valence-corrected chi connectivity index (χ4v) is 1.63. The average Bonchev–Trinajstić information content (AvgIpc) is 2.20. The number of hydrogen-bond donors (Lipinski definition) is 1. The summed E-state index contributed by atoms with van der Waals surface area (Å²) in [6, 6.07) is 3.99. The molecule has 0 atom stereocenters. The third-order valence-corrected chi connectivity index (χ3v) is 2.27. The van der Waals surface area contributed by atoms with E-state index in [2.05, 4.69) is 13.0 Å². The highest BCUT2D eigenvalue weighted by Crippen LogP contribution is 2.27. The highest BCUT2D eigenvalue weighted by atomic mass is 16.5. The van der Waals surface area contributed by atoms with Crippen LogP contribution in [0, 0.1) is 13.8 Å². The van der Waals surface area contributed by atoms with Crippen LogP contribution in [0.25, 0.3) is 0 Å². The van der Waals surface area contributed by atoms with Crippen LogP contribution < -0.4 is 10.5 Å². The zero-order valence-electron chi connectivity index (χ0n) is 10.4. The number of aryl methyl sites for hydroxylation is 2. The van der Waals surface area contributed by atoms with E-state index in [0.29, 0.717) is 18.9 Å². The maximum absolute atomic E-state index is 5.90. The van der Waals surface area contributed by atoms with E-state index in [1.54, 1.807) is 0 Å². The van der Waals surface area contributed by atoms with Crippen LogP contribution in [0.15, 0.2) is 12.1 Å². The molecule has 0 amide bonds. The van der Waals surface area contributed by atoms with Gasteiger partial charge in [-0.2, -0.15) is 0 Å². The Morgan fingerprint density at radius 2 is 1.88 bits per heavy atom. The molecule has 0 unspecified atom stereocenters. The van der Waals surface area contributed by atoms with Crippen molar-refractivity contribution in [1.82, 2.24) is 0 Å². The van der Waals surface area contributed by atoms with Gasteiger partial charge in [0, 0.05) is 6.61 Å². The largest absolute Gasteiger partial charge is 0.489 e. The van der Waals surface area contributed by atoms with E-state index in [-0.39, 0.29) is 0 Å². The first-order valence-corrected chi connectivity index (χ1v) is 5.72. The highest BCUT2D eigenvalue weighted by molar-refractivity contribution is 5.58. The molecule has 0 aliphatic carbocycles. The van der Waals surface area contributed by atoms with Crippen molar-refractivity contribution in [3.05, 3.63) is 23.3 Å². The van der Waals surface area contributed by atoms with Gasteiger partial charge in [-0.05, 0) is 37.5 Å². The Balaban J connectivity index is 2.47. The molecule has 0 aliphatic heterocycles. The molecule has 0 bridgehead atoms. The van der Waals surface area contributed by atoms with Crippen molar-refractivity contribution < 1.29 is 9.47 Å². The van der Waals surface area contributed by atoms with Crippen LogP contribution in [0.2, 0.25) is 0 Å². The van der Waals surface area contributed by atoms with Crippen molar-refractivity contribution in [2.45, 2.75) is 27.2 Å². The van der Waals surface area contributed by atoms with E-state index in [1.807, 2.05) is 19.9 Å². The van der Waals surface area contributed by atoms with Gasteiger partial charge >= 0.3 is 0 Å². The van der Waals surface area contributed by atoms with Gasteiger partial charge in [0.05, 0.1) is 12.3 Å². The first-order valence-electron chi connectivity index (χ1n) is 5.72. The molecule has 0 heterocycles. The molecule has 3 nitrogen and oxygen atoms in total. The molecule has 2 N–H and O–H groups in total. The van der Waals surface area contributed by atoms with E-state index < -0.39 is 0 Å². The number of hydrogen-bond acceptors (Lipinski definition) is 3. The Morgan fingerprint density at radius 1 is 1.12 bits per heavy atom. The van der Waals surface area contributed by atoms with E-state index in [9.17, 15) is 0 Å². The number of anilines is 1. The summed E-state index contributed by atoms with van der Waals surface area (Å²) in [6.07, 6.45) is 1.03. The smallest absolute Gasteiger partial charge is 0.145 e. The standard InChI is InChI=1S/C13H21NO2/c1-4-5-15-6-7-16-13-11(3)8-10(2)9-12(13)14/h8-9H,4-7,14H2,1-3H3. The molecule has 3 heteroatoms. The molecule has 0 aliphatic rings. The minimum Gasteiger partial charge on any atom is -0.489 e. The van der Waals surface area contributed by atoms with E-state index in [4.69, 9.17) is 15.2 Å². The Labute approximate surface area is 97.6 Å². The third kappa shape index (κ3) is 3.74. The fourth-order valence-electron chi connectivity index (χ4n) is 1.63. The highest BCUT2D eigenvalue weighted by Gasteiger charge is 2.05. The molecule has 0 radical (unpaired) electrons. The molecular weight excluding hydrogens is 202 g/mol. The Bertz CT molecular complexity index is 314. The average molecular weight is 223 g/mol. The summed E-state index contributed by atoms with van der Waals surface area (Å²) >= 11 is 0. The molecule has 0 saturated heterocycles. The summed E-state index contributed by atoms with van der Waals surface area (Å²) < 4.78 is 11.0. The monoisotopic (exact) mass is 223 g/mol. The normalized spacial score (nSPS) is 10.4. The molecule has 1 aromatic carbocycles. The number of ether oxygens (including phenoxy) is 2. The molecule has 1 aromatic rings. The summed E-state index contributed by atoms with van der Waals surface area (Å²) in [5.74, 6) is 0.783. The van der Waals surface area contributed by atoms with Gasteiger partial charge in [-0.15, -0.1) is 0 Å². The van der Waals surface area contributed by atoms with Gasteiger partial charge in [0.1, 0.15) is 12.4 Å². The zero-order valence-corrected chi connectivity index (χ0v) is 10.4. The van der Waals surface area contributed by atoms with Crippen LogP contribution in [0.5, 0.6) is 5.75 Å². The lowest BCUT2D eigenvalue weighted by molar-refractivity contribution is 0.101. The van der Waals surface area contributed by atoms with Crippen molar-refractivity contribution in [3.63, 3.8) is 0 Å². The first-order chi connectivity index (χ1) is 7.65.